The highest BCUT2D eigenvalue weighted by molar-refractivity contribution is 7.11. The van der Waals surface area contributed by atoms with Crippen LogP contribution in [0.25, 0.3) is 0 Å². The van der Waals surface area contributed by atoms with Gasteiger partial charge in [-0.1, -0.05) is 20.8 Å². The number of aryl methyl sites for hydroxylation is 1. The predicted molar refractivity (Wildman–Crippen MR) is 80.2 cm³/mol. The molecule has 1 unspecified atom stereocenters. The molecule has 1 atom stereocenters. The Morgan fingerprint density at radius 1 is 1.39 bits per heavy atom. The van der Waals surface area contributed by atoms with Crippen molar-refractivity contribution in [2.45, 2.75) is 46.7 Å². The number of hydrogen-bond donors (Lipinski definition) is 1. The second-order valence-electron chi connectivity index (χ2n) is 6.47. The van der Waals surface area contributed by atoms with Gasteiger partial charge in [-0.25, -0.2) is 0 Å². The molecule has 0 spiro atoms. The Hall–Kier alpha value is -0.380. The van der Waals surface area contributed by atoms with Crippen molar-refractivity contribution in [2.75, 3.05) is 19.6 Å². The van der Waals surface area contributed by atoms with Gasteiger partial charge in [0.2, 0.25) is 0 Å². The monoisotopic (exact) mass is 266 g/mol. The number of hydrogen-bond acceptors (Lipinski definition) is 3. The molecule has 0 aromatic carbocycles. The summed E-state index contributed by atoms with van der Waals surface area (Å²) in [5.41, 5.74) is 0.341. The van der Waals surface area contributed by atoms with Crippen LogP contribution in [0.15, 0.2) is 12.1 Å². The van der Waals surface area contributed by atoms with Crippen molar-refractivity contribution in [3.63, 3.8) is 0 Å². The van der Waals surface area contributed by atoms with Crippen LogP contribution >= 0.6 is 11.3 Å². The molecule has 1 aliphatic heterocycles. The van der Waals surface area contributed by atoms with Crippen molar-refractivity contribution in [1.29, 1.82) is 0 Å². The Balaban J connectivity index is 1.99. The van der Waals surface area contributed by atoms with Gasteiger partial charge in [-0.2, -0.15) is 0 Å². The summed E-state index contributed by atoms with van der Waals surface area (Å²) in [5.74, 6) is 0. The van der Waals surface area contributed by atoms with E-state index in [4.69, 9.17) is 0 Å². The molecular formula is C15H26N2S. The van der Waals surface area contributed by atoms with E-state index in [0.717, 1.165) is 13.1 Å². The summed E-state index contributed by atoms with van der Waals surface area (Å²) in [6, 6.07) is 5.11. The quantitative estimate of drug-likeness (QED) is 0.884. The minimum absolute atomic E-state index is 0.341. The van der Waals surface area contributed by atoms with Crippen LogP contribution < -0.4 is 5.32 Å². The van der Waals surface area contributed by atoms with Crippen LogP contribution in [-0.4, -0.2) is 30.6 Å². The van der Waals surface area contributed by atoms with E-state index in [1.165, 1.54) is 29.3 Å². The molecule has 0 aliphatic carbocycles. The lowest BCUT2D eigenvalue weighted by Crippen LogP contribution is -2.46. The number of nitrogens with one attached hydrogen (secondary N) is 1. The normalized spacial score (nSPS) is 23.0. The van der Waals surface area contributed by atoms with Crippen LogP contribution in [0, 0.1) is 12.3 Å². The van der Waals surface area contributed by atoms with Crippen LogP contribution in [0.5, 0.6) is 0 Å². The first-order valence-electron chi connectivity index (χ1n) is 6.96. The van der Waals surface area contributed by atoms with E-state index >= 15 is 0 Å². The molecule has 2 rings (SSSR count). The van der Waals surface area contributed by atoms with E-state index < -0.39 is 0 Å². The Bertz CT molecular complexity index is 378. The van der Waals surface area contributed by atoms with Gasteiger partial charge in [-0.3, -0.25) is 4.90 Å². The molecule has 2 nitrogen and oxygen atoms in total. The lowest BCUT2D eigenvalue weighted by molar-refractivity contribution is 0.193. The maximum atomic E-state index is 3.70. The van der Waals surface area contributed by atoms with Gasteiger partial charge in [-0.15, -0.1) is 11.3 Å². The molecule has 0 radical (unpaired) electrons. The van der Waals surface area contributed by atoms with Crippen molar-refractivity contribution in [1.82, 2.24) is 10.2 Å². The van der Waals surface area contributed by atoms with Crippen molar-refractivity contribution in [3.05, 3.63) is 21.9 Å². The standard InChI is InChI=1S/C15H26N2S/c1-12-6-7-13(18-12)10-17-9-5-8-16-14(11-17)15(2,3)4/h6-7,14,16H,5,8-11H2,1-4H3. The molecule has 1 N–H and O–H groups in total. The lowest BCUT2D eigenvalue weighted by Gasteiger charge is -2.33. The molecule has 1 aliphatic rings. The van der Waals surface area contributed by atoms with E-state index in [1.54, 1.807) is 0 Å². The minimum Gasteiger partial charge on any atom is -0.312 e. The molecule has 0 bridgehead atoms. The van der Waals surface area contributed by atoms with E-state index in [0.29, 0.717) is 11.5 Å². The highest BCUT2D eigenvalue weighted by atomic mass is 32.1. The Labute approximate surface area is 115 Å². The summed E-state index contributed by atoms with van der Waals surface area (Å²) in [5, 5.41) is 3.70. The highest BCUT2D eigenvalue weighted by Gasteiger charge is 2.27. The molecule has 0 amide bonds. The molecule has 1 aromatic rings. The zero-order valence-corrected chi connectivity index (χ0v) is 12.9. The van der Waals surface area contributed by atoms with Gasteiger partial charge < -0.3 is 5.32 Å². The number of nitrogens with zero attached hydrogens (tertiary/aromatic N) is 1. The van der Waals surface area contributed by atoms with Crippen LogP contribution in [0.2, 0.25) is 0 Å². The fraction of sp³-hybridized carbons (Fsp3) is 0.733. The smallest absolute Gasteiger partial charge is 0.0328 e. The topological polar surface area (TPSA) is 15.3 Å². The summed E-state index contributed by atoms with van der Waals surface area (Å²) >= 11 is 1.93. The van der Waals surface area contributed by atoms with Crippen molar-refractivity contribution in [2.24, 2.45) is 5.41 Å². The molecule has 102 valence electrons. The highest BCUT2D eigenvalue weighted by Crippen LogP contribution is 2.23. The van der Waals surface area contributed by atoms with Gasteiger partial charge in [0.1, 0.15) is 0 Å². The average Bonchev–Trinajstić information content (AvgIpc) is 2.53. The summed E-state index contributed by atoms with van der Waals surface area (Å²) in [6.07, 6.45) is 1.26. The summed E-state index contributed by atoms with van der Waals surface area (Å²) < 4.78 is 0. The van der Waals surface area contributed by atoms with Gasteiger partial charge in [0, 0.05) is 28.9 Å². The maximum Gasteiger partial charge on any atom is 0.0328 e. The Morgan fingerprint density at radius 3 is 2.78 bits per heavy atom. The average molecular weight is 266 g/mol. The van der Waals surface area contributed by atoms with Gasteiger partial charge >= 0.3 is 0 Å². The molecular weight excluding hydrogens is 240 g/mol. The third kappa shape index (κ3) is 3.81. The van der Waals surface area contributed by atoms with E-state index in [-0.39, 0.29) is 0 Å². The first-order chi connectivity index (χ1) is 8.45. The van der Waals surface area contributed by atoms with Gasteiger partial charge in [-0.05, 0) is 44.0 Å². The van der Waals surface area contributed by atoms with Crippen LogP contribution in [0.3, 0.4) is 0 Å². The van der Waals surface area contributed by atoms with Crippen LogP contribution in [-0.2, 0) is 6.54 Å². The van der Waals surface area contributed by atoms with Crippen molar-refractivity contribution >= 4 is 11.3 Å². The Morgan fingerprint density at radius 2 is 2.17 bits per heavy atom. The third-order valence-electron chi connectivity index (χ3n) is 3.70. The minimum atomic E-state index is 0.341. The lowest BCUT2D eigenvalue weighted by atomic mass is 9.86. The SMILES string of the molecule is Cc1ccc(CN2CCCNC(C(C)(C)C)C2)s1. The molecule has 18 heavy (non-hydrogen) atoms. The maximum absolute atomic E-state index is 3.70. The summed E-state index contributed by atoms with van der Waals surface area (Å²) in [6.45, 7) is 13.9. The van der Waals surface area contributed by atoms with E-state index in [2.05, 4.69) is 50.0 Å². The van der Waals surface area contributed by atoms with Gasteiger partial charge in [0.25, 0.3) is 0 Å². The van der Waals surface area contributed by atoms with Crippen LogP contribution in [0.1, 0.15) is 36.9 Å². The second kappa shape index (κ2) is 5.72. The first kappa shape index (κ1) is 14.0. The third-order valence-corrected chi connectivity index (χ3v) is 4.69. The van der Waals surface area contributed by atoms with E-state index in [9.17, 15) is 0 Å². The van der Waals surface area contributed by atoms with Crippen molar-refractivity contribution < 1.29 is 0 Å². The summed E-state index contributed by atoms with van der Waals surface area (Å²) in [4.78, 5) is 5.54. The molecule has 0 saturated carbocycles. The molecule has 2 heterocycles. The fourth-order valence-corrected chi connectivity index (χ4v) is 3.44. The zero-order chi connectivity index (χ0) is 13.2. The zero-order valence-electron chi connectivity index (χ0n) is 12.1. The molecule has 1 fully saturated rings. The number of thiophene rings is 1. The largest absolute Gasteiger partial charge is 0.312 e. The summed E-state index contributed by atoms with van der Waals surface area (Å²) in [7, 11) is 0. The first-order valence-corrected chi connectivity index (χ1v) is 7.78. The molecule has 3 heteroatoms. The van der Waals surface area contributed by atoms with Gasteiger partial charge in [0.15, 0.2) is 0 Å². The second-order valence-corrected chi connectivity index (χ2v) is 7.85. The predicted octanol–water partition coefficient (Wildman–Crippen LogP) is 3.27. The Kier molecular flexibility index (Phi) is 4.46. The molecule has 1 aromatic heterocycles. The molecule has 1 saturated heterocycles. The van der Waals surface area contributed by atoms with E-state index in [1.807, 2.05) is 11.3 Å². The van der Waals surface area contributed by atoms with Crippen molar-refractivity contribution in [3.8, 4) is 0 Å². The fourth-order valence-electron chi connectivity index (χ4n) is 2.51. The number of rotatable bonds is 2. The van der Waals surface area contributed by atoms with Gasteiger partial charge in [0.05, 0.1) is 0 Å². The van der Waals surface area contributed by atoms with Crippen LogP contribution in [0.4, 0.5) is 0 Å².